The molecule has 0 spiro atoms. The van der Waals surface area contributed by atoms with Gasteiger partial charge < -0.3 is 0 Å². The zero-order valence-electron chi connectivity index (χ0n) is 11.2. The first-order valence-electron chi connectivity index (χ1n) is 6.33. The number of nitrogens with zero attached hydrogens (tertiary/aromatic N) is 1. The van der Waals surface area contributed by atoms with Crippen molar-refractivity contribution >= 4 is 17.2 Å². The average molecular weight is 267 g/mol. The van der Waals surface area contributed by atoms with Gasteiger partial charge in [0.1, 0.15) is 0 Å². The summed E-state index contributed by atoms with van der Waals surface area (Å²) in [5.74, 6) is 5.82. The van der Waals surface area contributed by atoms with Crippen LogP contribution in [0, 0.1) is 12.8 Å². The Balaban J connectivity index is 2.04. The Hall–Kier alpha value is -0.910. The van der Waals surface area contributed by atoms with Crippen LogP contribution in [0.2, 0.25) is 0 Å². The first kappa shape index (κ1) is 13.5. The van der Waals surface area contributed by atoms with Gasteiger partial charge in [-0.05, 0) is 51.3 Å². The summed E-state index contributed by atoms with van der Waals surface area (Å²) >= 11 is 1.51. The van der Waals surface area contributed by atoms with E-state index >= 15 is 0 Å². The maximum absolute atomic E-state index is 11.5. The monoisotopic (exact) mass is 267 g/mol. The van der Waals surface area contributed by atoms with Gasteiger partial charge in [-0.3, -0.25) is 15.1 Å². The normalized spacial score (nSPS) is 16.9. The number of hydrogen-bond donors (Lipinski definition) is 2. The van der Waals surface area contributed by atoms with E-state index in [2.05, 4.69) is 31.2 Å². The molecule has 1 aromatic heterocycles. The maximum atomic E-state index is 11.5. The molecule has 1 amide bonds. The van der Waals surface area contributed by atoms with Crippen LogP contribution in [0.1, 0.15) is 39.9 Å². The molecule has 1 atom stereocenters. The third kappa shape index (κ3) is 2.91. The minimum Gasteiger partial charge on any atom is -0.299 e. The second-order valence-electron chi connectivity index (χ2n) is 5.16. The second-order valence-corrected chi connectivity index (χ2v) is 6.42. The van der Waals surface area contributed by atoms with Crippen molar-refractivity contribution in [2.75, 3.05) is 7.05 Å². The molecule has 100 valence electrons. The van der Waals surface area contributed by atoms with Gasteiger partial charge in [-0.1, -0.05) is 0 Å². The summed E-state index contributed by atoms with van der Waals surface area (Å²) in [4.78, 5) is 15.7. The Labute approximate surface area is 112 Å². The highest BCUT2D eigenvalue weighted by atomic mass is 32.1. The van der Waals surface area contributed by atoms with Crippen molar-refractivity contribution in [3.05, 3.63) is 21.4 Å². The zero-order valence-corrected chi connectivity index (χ0v) is 12.0. The fourth-order valence-electron chi connectivity index (χ4n) is 2.21. The molecule has 18 heavy (non-hydrogen) atoms. The molecule has 1 aliphatic rings. The molecule has 0 saturated heterocycles. The highest BCUT2D eigenvalue weighted by Gasteiger charge is 2.30. The van der Waals surface area contributed by atoms with Crippen LogP contribution in [0.15, 0.2) is 6.07 Å². The van der Waals surface area contributed by atoms with E-state index in [1.165, 1.54) is 34.6 Å². The third-order valence-electron chi connectivity index (χ3n) is 3.79. The lowest BCUT2D eigenvalue weighted by Gasteiger charge is -2.24. The Morgan fingerprint density at radius 3 is 2.89 bits per heavy atom. The molecular formula is C13H21N3OS. The highest BCUT2D eigenvalue weighted by Crippen LogP contribution is 2.35. The zero-order chi connectivity index (χ0) is 13.3. The minimum absolute atomic E-state index is 0.202. The van der Waals surface area contributed by atoms with E-state index in [1.54, 1.807) is 0 Å². The molecule has 0 aromatic carbocycles. The summed E-state index contributed by atoms with van der Waals surface area (Å²) in [5, 5.41) is 0. The van der Waals surface area contributed by atoms with Gasteiger partial charge in [-0.2, -0.15) is 0 Å². The molecule has 1 aromatic rings. The van der Waals surface area contributed by atoms with Crippen molar-refractivity contribution in [1.29, 1.82) is 0 Å². The number of hydrazine groups is 1. The van der Waals surface area contributed by atoms with E-state index in [4.69, 9.17) is 5.84 Å². The maximum Gasteiger partial charge on any atom is 0.275 e. The van der Waals surface area contributed by atoms with Crippen LogP contribution in [-0.2, 0) is 6.54 Å². The van der Waals surface area contributed by atoms with Crippen molar-refractivity contribution in [3.63, 3.8) is 0 Å². The van der Waals surface area contributed by atoms with Gasteiger partial charge in [0.2, 0.25) is 0 Å². The van der Waals surface area contributed by atoms with E-state index in [9.17, 15) is 4.79 Å². The van der Waals surface area contributed by atoms with Gasteiger partial charge in [0.15, 0.2) is 0 Å². The van der Waals surface area contributed by atoms with Crippen LogP contribution in [-0.4, -0.2) is 23.9 Å². The van der Waals surface area contributed by atoms with Crippen molar-refractivity contribution in [2.24, 2.45) is 11.8 Å². The average Bonchev–Trinajstić information content (AvgIpc) is 3.13. The first-order valence-corrected chi connectivity index (χ1v) is 7.15. The summed E-state index contributed by atoms with van der Waals surface area (Å²) in [6.45, 7) is 5.24. The summed E-state index contributed by atoms with van der Waals surface area (Å²) < 4.78 is 0. The van der Waals surface area contributed by atoms with Crippen molar-refractivity contribution in [2.45, 2.75) is 39.3 Å². The molecule has 2 rings (SSSR count). The van der Waals surface area contributed by atoms with Gasteiger partial charge in [-0.25, -0.2) is 5.84 Å². The Bertz CT molecular complexity index is 439. The lowest BCUT2D eigenvalue weighted by Crippen LogP contribution is -2.30. The quantitative estimate of drug-likeness (QED) is 0.486. The van der Waals surface area contributed by atoms with Crippen LogP contribution in [0.4, 0.5) is 0 Å². The summed E-state index contributed by atoms with van der Waals surface area (Å²) in [7, 11) is 2.16. The SMILES string of the molecule is Cc1sc(C(=O)NN)cc1CN(C)C(C)C1CC1. The highest BCUT2D eigenvalue weighted by molar-refractivity contribution is 7.14. The summed E-state index contributed by atoms with van der Waals surface area (Å²) in [6.07, 6.45) is 2.71. The number of aryl methyl sites for hydroxylation is 1. The molecule has 1 fully saturated rings. The predicted molar refractivity (Wildman–Crippen MR) is 74.4 cm³/mol. The number of carbonyl (C=O) groups excluding carboxylic acids is 1. The topological polar surface area (TPSA) is 58.4 Å². The Morgan fingerprint density at radius 2 is 2.33 bits per heavy atom. The van der Waals surface area contributed by atoms with Gasteiger partial charge in [0.25, 0.3) is 5.91 Å². The van der Waals surface area contributed by atoms with E-state index in [1.807, 2.05) is 6.07 Å². The molecule has 0 bridgehead atoms. The third-order valence-corrected chi connectivity index (χ3v) is 4.89. The number of nitrogens with one attached hydrogen (secondary N) is 1. The second kappa shape index (κ2) is 5.38. The predicted octanol–water partition coefficient (Wildman–Crippen LogP) is 1.89. The van der Waals surface area contributed by atoms with Crippen LogP contribution < -0.4 is 11.3 Å². The lowest BCUT2D eigenvalue weighted by molar-refractivity contribution is 0.0957. The molecular weight excluding hydrogens is 246 g/mol. The van der Waals surface area contributed by atoms with Gasteiger partial charge in [0.05, 0.1) is 4.88 Å². The molecule has 1 saturated carbocycles. The molecule has 5 heteroatoms. The number of nitrogen functional groups attached to an aromatic ring is 1. The van der Waals surface area contributed by atoms with Gasteiger partial charge in [-0.15, -0.1) is 11.3 Å². The van der Waals surface area contributed by atoms with Crippen molar-refractivity contribution in [1.82, 2.24) is 10.3 Å². The smallest absolute Gasteiger partial charge is 0.275 e. The summed E-state index contributed by atoms with van der Waals surface area (Å²) in [5.41, 5.74) is 3.41. The van der Waals surface area contributed by atoms with Crippen LogP contribution >= 0.6 is 11.3 Å². The lowest BCUT2D eigenvalue weighted by atomic mass is 10.1. The van der Waals surface area contributed by atoms with Gasteiger partial charge >= 0.3 is 0 Å². The number of rotatable bonds is 5. The number of thiophene rings is 1. The number of hydrogen-bond acceptors (Lipinski definition) is 4. The molecule has 0 aliphatic heterocycles. The number of carbonyl (C=O) groups is 1. The Morgan fingerprint density at radius 1 is 1.67 bits per heavy atom. The van der Waals surface area contributed by atoms with Crippen molar-refractivity contribution < 1.29 is 4.79 Å². The molecule has 1 aliphatic carbocycles. The van der Waals surface area contributed by atoms with E-state index in [-0.39, 0.29) is 5.91 Å². The van der Waals surface area contributed by atoms with Crippen molar-refractivity contribution in [3.8, 4) is 0 Å². The molecule has 1 unspecified atom stereocenters. The Kier molecular flexibility index (Phi) is 4.04. The largest absolute Gasteiger partial charge is 0.299 e. The van der Waals surface area contributed by atoms with Crippen LogP contribution in [0.25, 0.3) is 0 Å². The number of amides is 1. The minimum atomic E-state index is -0.202. The van der Waals surface area contributed by atoms with Crippen LogP contribution in [0.5, 0.6) is 0 Å². The molecule has 1 heterocycles. The fraction of sp³-hybridized carbons (Fsp3) is 0.615. The first-order chi connectivity index (χ1) is 8.52. The molecule has 0 radical (unpaired) electrons. The van der Waals surface area contributed by atoms with Gasteiger partial charge in [0, 0.05) is 17.5 Å². The van der Waals surface area contributed by atoms with E-state index in [0.29, 0.717) is 10.9 Å². The standard InChI is InChI=1S/C13H21N3OS/c1-8(10-4-5-10)16(3)7-11-6-12(13(17)15-14)18-9(11)2/h6,8,10H,4-5,7,14H2,1-3H3,(H,15,17). The van der Waals surface area contributed by atoms with E-state index in [0.717, 1.165) is 12.5 Å². The molecule has 4 nitrogen and oxygen atoms in total. The summed E-state index contributed by atoms with van der Waals surface area (Å²) in [6, 6.07) is 2.58. The fourth-order valence-corrected chi connectivity index (χ4v) is 3.15. The number of nitrogens with two attached hydrogens (primary N) is 1. The molecule has 3 N–H and O–H groups in total. The van der Waals surface area contributed by atoms with E-state index < -0.39 is 0 Å². The van der Waals surface area contributed by atoms with Crippen LogP contribution in [0.3, 0.4) is 0 Å².